The fourth-order valence-corrected chi connectivity index (χ4v) is 0. The molecule has 0 bridgehead atoms. The van der Waals surface area contributed by atoms with Crippen LogP contribution in [0.15, 0.2) is 4.91 Å². The lowest BCUT2D eigenvalue weighted by atomic mass is 11.7. The Morgan fingerprint density at radius 3 is 2.25 bits per heavy atom. The maximum Gasteiger partial charge on any atom is 0.0665 e. The van der Waals surface area contributed by atoms with Crippen LogP contribution >= 0.6 is 9.03 Å². The highest BCUT2D eigenvalue weighted by Gasteiger charge is 1.39. The zero-order valence-electron chi connectivity index (χ0n) is 2.36. The maximum absolute atomic E-state index is 4.08. The van der Waals surface area contributed by atoms with Crippen LogP contribution in [-0.4, -0.2) is 7.11 Å². The van der Waals surface area contributed by atoms with Gasteiger partial charge in [-0.15, -0.1) is 4.91 Å². The van der Waals surface area contributed by atoms with E-state index in [2.05, 4.69) is 18.8 Å². The third kappa shape index (κ3) is 2.06. The first-order valence-corrected chi connectivity index (χ1v) is 1.26. The zero-order chi connectivity index (χ0) is 3.41. The lowest BCUT2D eigenvalue weighted by Gasteiger charge is -1.65. The van der Waals surface area contributed by atoms with Gasteiger partial charge in [-0.1, -0.05) is 0 Å². The highest BCUT2D eigenvalue weighted by Crippen LogP contribution is 1.66. The molecule has 0 rings (SSSR count). The molecule has 0 unspecified atom stereocenters. The van der Waals surface area contributed by atoms with Gasteiger partial charge < -0.3 is 0 Å². The molecule has 4 heavy (non-hydrogen) atoms. The largest absolute Gasteiger partial charge is 0.252 e. The molecule has 0 N–H and O–H groups in total. The molecule has 24 valence electrons. The van der Waals surface area contributed by atoms with Crippen LogP contribution in [0.2, 0.25) is 0 Å². The molecule has 0 aromatic heterocycles. The van der Waals surface area contributed by atoms with E-state index < -0.39 is 0 Å². The van der Waals surface area contributed by atoms with Crippen molar-refractivity contribution in [3.8, 4) is 0 Å². The van der Waals surface area contributed by atoms with Crippen molar-refractivity contribution < 1.29 is 4.84 Å². The van der Waals surface area contributed by atoms with Crippen molar-refractivity contribution >= 4 is 9.03 Å². The molecule has 0 spiro atoms. The van der Waals surface area contributed by atoms with E-state index in [1.54, 1.807) is 0 Å². The van der Waals surface area contributed by atoms with Gasteiger partial charge in [0.1, 0.15) is 0 Å². The maximum atomic E-state index is 4.08. The molecule has 0 saturated heterocycles. The molecule has 0 radical (unpaired) electrons. The average Bonchev–Trinajstić information content (AvgIpc) is 1.37. The van der Waals surface area contributed by atoms with E-state index >= 15 is 0 Å². The van der Waals surface area contributed by atoms with E-state index in [9.17, 15) is 0 Å². The normalized spacial score (nSPS) is 6.25. The Bertz CT molecular complexity index is 22.0. The summed E-state index contributed by atoms with van der Waals surface area (Å²) in [6.07, 6.45) is 0. The van der Waals surface area contributed by atoms with E-state index in [1.165, 1.54) is 7.11 Å². The van der Waals surface area contributed by atoms with Crippen molar-refractivity contribution in [2.24, 2.45) is 4.91 Å². The van der Waals surface area contributed by atoms with Gasteiger partial charge in [0.2, 0.25) is 0 Å². The molecule has 0 fully saturated rings. The lowest BCUT2D eigenvalue weighted by molar-refractivity contribution is 0.221. The van der Waals surface area contributed by atoms with Crippen molar-refractivity contribution in [3.05, 3.63) is 0 Å². The van der Waals surface area contributed by atoms with E-state index in [-0.39, 0.29) is 0 Å². The van der Waals surface area contributed by atoms with Crippen molar-refractivity contribution in [2.75, 3.05) is 7.11 Å². The van der Waals surface area contributed by atoms with E-state index in [0.29, 0.717) is 0 Å². The molecule has 0 atom stereocenters. The predicted molar refractivity (Wildman–Crippen MR) is 17.8 cm³/mol. The second-order valence-electron chi connectivity index (χ2n) is 0.274. The Kier molecular flexibility index (Phi) is 3.11. The fourth-order valence-electron chi connectivity index (χ4n) is 0. The van der Waals surface area contributed by atoms with Crippen molar-refractivity contribution in [2.45, 2.75) is 0 Å². The minimum atomic E-state index is 1.47. The second-order valence-corrected chi connectivity index (χ2v) is 0.456. The van der Waals surface area contributed by atoms with Crippen LogP contribution in [-0.2, 0) is 4.84 Å². The van der Waals surface area contributed by atoms with Gasteiger partial charge in [-0.3, -0.25) is 4.84 Å². The molecule has 0 heterocycles. The highest BCUT2D eigenvalue weighted by atomic mass is 31.0. The Morgan fingerprint density at radius 2 is 2.25 bits per heavy atom. The molecule has 0 aliphatic carbocycles. The third-order valence-electron chi connectivity index (χ3n) is 0.0913. The average molecular weight is 77.0 g/mol. The van der Waals surface area contributed by atoms with Gasteiger partial charge in [-0.25, -0.2) is 0 Å². The molecular weight excluding hydrogens is 73.0 g/mol. The first kappa shape index (κ1) is 4.06. The fraction of sp³-hybridized carbons (Fsp3) is 1.00. The van der Waals surface area contributed by atoms with Crippen LogP contribution in [0.5, 0.6) is 0 Å². The molecule has 0 amide bonds. The SMILES string of the molecule is CON=P. The van der Waals surface area contributed by atoms with Crippen molar-refractivity contribution in [3.63, 3.8) is 0 Å². The number of hydrogen-bond acceptors (Lipinski definition) is 2. The summed E-state index contributed by atoms with van der Waals surface area (Å²) in [6.45, 7) is 0. The predicted octanol–water partition coefficient (Wildman–Crippen LogP) is 0.874. The number of hydrogen-bond donors (Lipinski definition) is 0. The van der Waals surface area contributed by atoms with Crippen LogP contribution < -0.4 is 0 Å². The molecule has 3 heteroatoms. The summed E-state index contributed by atoms with van der Waals surface area (Å²) >= 11 is 0. The van der Waals surface area contributed by atoms with Crippen LogP contribution in [0.3, 0.4) is 0 Å². The van der Waals surface area contributed by atoms with Crippen LogP contribution in [0.25, 0.3) is 0 Å². The summed E-state index contributed by atoms with van der Waals surface area (Å²) in [5.41, 5.74) is 0. The summed E-state index contributed by atoms with van der Waals surface area (Å²) in [4.78, 5) is 7.12. The number of rotatable bonds is 1. The van der Waals surface area contributed by atoms with Crippen LogP contribution in [0.4, 0.5) is 0 Å². The minimum Gasteiger partial charge on any atom is -0.252 e. The molecule has 0 aromatic rings. The van der Waals surface area contributed by atoms with Gasteiger partial charge in [0, 0.05) is 9.03 Å². The molecular formula is CH4NOP. The lowest BCUT2D eigenvalue weighted by Crippen LogP contribution is -1.51. The van der Waals surface area contributed by atoms with Crippen LogP contribution in [0, 0.1) is 0 Å². The van der Waals surface area contributed by atoms with Gasteiger partial charge in [0.25, 0.3) is 0 Å². The quantitative estimate of drug-likeness (QED) is 0.336. The van der Waals surface area contributed by atoms with Gasteiger partial charge in [-0.2, -0.15) is 0 Å². The van der Waals surface area contributed by atoms with E-state index in [0.717, 1.165) is 0 Å². The standard InChI is InChI=1S/CH4NOP/c1-3-2-4/h4H,1H3. The van der Waals surface area contributed by atoms with Gasteiger partial charge in [0.15, 0.2) is 0 Å². The zero-order valence-corrected chi connectivity index (χ0v) is 3.36. The van der Waals surface area contributed by atoms with Gasteiger partial charge in [-0.05, 0) is 0 Å². The first-order valence-electron chi connectivity index (χ1n) is 0.814. The highest BCUT2D eigenvalue weighted by molar-refractivity contribution is 7.03. The third-order valence-corrected chi connectivity index (χ3v) is 0.274. The Balaban J connectivity index is 2.30. The summed E-state index contributed by atoms with van der Waals surface area (Å²) in [5.74, 6) is 0. The summed E-state index contributed by atoms with van der Waals surface area (Å²) < 4.78 is 0. The minimum absolute atomic E-state index is 1.47. The Hall–Kier alpha value is 0.0600. The first-order chi connectivity index (χ1) is 1.91. The van der Waals surface area contributed by atoms with E-state index in [1.807, 2.05) is 0 Å². The van der Waals surface area contributed by atoms with Crippen molar-refractivity contribution in [1.29, 1.82) is 0 Å². The smallest absolute Gasteiger partial charge is 0.0665 e. The second kappa shape index (κ2) is 3.06. The molecule has 0 saturated carbocycles. The van der Waals surface area contributed by atoms with E-state index in [4.69, 9.17) is 0 Å². The summed E-state index contributed by atoms with van der Waals surface area (Å²) in [6, 6.07) is 0. The molecule has 0 aliphatic rings. The Labute approximate surface area is 27.0 Å². The Morgan fingerprint density at radius 1 is 2.00 bits per heavy atom. The van der Waals surface area contributed by atoms with Gasteiger partial charge >= 0.3 is 0 Å². The van der Waals surface area contributed by atoms with Crippen LogP contribution in [0.1, 0.15) is 0 Å². The topological polar surface area (TPSA) is 21.6 Å². The molecule has 0 aliphatic heterocycles. The van der Waals surface area contributed by atoms with Crippen molar-refractivity contribution in [1.82, 2.24) is 0 Å². The molecule has 2 nitrogen and oxygen atoms in total. The molecule has 0 aromatic carbocycles. The monoisotopic (exact) mass is 77.0 g/mol. The summed E-state index contributed by atoms with van der Waals surface area (Å²) in [5, 5.41) is 0. The number of nitrogens with zero attached hydrogens (tertiary/aromatic N) is 1. The van der Waals surface area contributed by atoms with Gasteiger partial charge in [0.05, 0.1) is 7.11 Å². The summed E-state index contributed by atoms with van der Waals surface area (Å²) in [7, 11) is 4.16.